The first-order valence-corrected chi connectivity index (χ1v) is 8.35. The lowest BCUT2D eigenvalue weighted by Gasteiger charge is -2.20. The summed E-state index contributed by atoms with van der Waals surface area (Å²) in [4.78, 5) is 20.2. The number of benzene rings is 1. The maximum absolute atomic E-state index is 12.3. The van der Waals surface area contributed by atoms with Crippen molar-refractivity contribution < 1.29 is 4.79 Å². The van der Waals surface area contributed by atoms with Crippen molar-refractivity contribution >= 4 is 16.9 Å². The molecule has 1 aromatic carbocycles. The second-order valence-electron chi connectivity index (χ2n) is 6.30. The van der Waals surface area contributed by atoms with E-state index >= 15 is 0 Å². The molecule has 1 amide bonds. The predicted molar refractivity (Wildman–Crippen MR) is 93.3 cm³/mol. The van der Waals surface area contributed by atoms with E-state index in [4.69, 9.17) is 0 Å². The highest BCUT2D eigenvalue weighted by molar-refractivity contribution is 5.77. The number of hydrogen-bond donors (Lipinski definition) is 2. The van der Waals surface area contributed by atoms with Gasteiger partial charge in [0.1, 0.15) is 5.82 Å². The Bertz CT molecular complexity index is 758. The molecule has 0 saturated carbocycles. The summed E-state index contributed by atoms with van der Waals surface area (Å²) in [5.74, 6) is 1.11. The van der Waals surface area contributed by atoms with E-state index in [0.29, 0.717) is 6.42 Å². The summed E-state index contributed by atoms with van der Waals surface area (Å²) in [6, 6.07) is 9.67. The zero-order chi connectivity index (χ0) is 16.9. The number of aryl methyl sites for hydroxylation is 1. The molecular weight excluding hydrogens is 302 g/mol. The molecule has 6 nitrogen and oxygen atoms in total. The van der Waals surface area contributed by atoms with Crippen LogP contribution in [-0.4, -0.2) is 25.7 Å². The molecule has 2 aromatic heterocycles. The second-order valence-corrected chi connectivity index (χ2v) is 6.30. The van der Waals surface area contributed by atoms with Gasteiger partial charge in [-0.05, 0) is 30.5 Å². The third kappa shape index (κ3) is 3.82. The Hall–Kier alpha value is -2.63. The number of amides is 1. The Morgan fingerprint density at radius 3 is 2.83 bits per heavy atom. The summed E-state index contributed by atoms with van der Waals surface area (Å²) < 4.78 is 1.84. The third-order valence-corrected chi connectivity index (χ3v) is 4.04. The van der Waals surface area contributed by atoms with Gasteiger partial charge in [0.2, 0.25) is 5.91 Å². The number of para-hydroxylation sites is 2. The highest BCUT2D eigenvalue weighted by Gasteiger charge is 2.21. The molecule has 0 aliphatic heterocycles. The maximum atomic E-state index is 12.3. The largest absolute Gasteiger partial charge is 0.346 e. The first-order valence-electron chi connectivity index (χ1n) is 8.35. The Morgan fingerprint density at radius 2 is 2.12 bits per heavy atom. The summed E-state index contributed by atoms with van der Waals surface area (Å²) in [6.45, 7) is 4.92. The highest BCUT2D eigenvalue weighted by atomic mass is 16.1. The van der Waals surface area contributed by atoms with E-state index in [9.17, 15) is 4.79 Å². The maximum Gasteiger partial charge on any atom is 0.220 e. The fourth-order valence-electron chi connectivity index (χ4n) is 2.75. The number of aromatic amines is 1. The van der Waals surface area contributed by atoms with E-state index in [1.54, 1.807) is 6.20 Å². The third-order valence-electron chi connectivity index (χ3n) is 4.04. The number of imidazole rings is 1. The van der Waals surface area contributed by atoms with Crippen LogP contribution in [0.1, 0.15) is 38.6 Å². The molecule has 6 heteroatoms. The fraction of sp³-hybridized carbons (Fsp3) is 0.389. The number of rotatable bonds is 7. The fourth-order valence-corrected chi connectivity index (χ4v) is 2.75. The van der Waals surface area contributed by atoms with Gasteiger partial charge in [-0.25, -0.2) is 4.98 Å². The second kappa shape index (κ2) is 7.29. The predicted octanol–water partition coefficient (Wildman–Crippen LogP) is 3.05. The SMILES string of the molecule is CC(C)C(NC(=O)CCCn1cccn1)c1nc2ccccc2[nH]1. The van der Waals surface area contributed by atoms with E-state index in [0.717, 1.165) is 29.8 Å². The molecule has 2 heterocycles. The van der Waals surface area contributed by atoms with Crippen molar-refractivity contribution in [1.29, 1.82) is 0 Å². The minimum absolute atomic E-state index is 0.0429. The number of carbonyl (C=O) groups is 1. The molecule has 3 aromatic rings. The number of aromatic nitrogens is 4. The van der Waals surface area contributed by atoms with Gasteiger partial charge in [0.05, 0.1) is 17.1 Å². The van der Waals surface area contributed by atoms with Gasteiger partial charge in [-0.15, -0.1) is 0 Å². The molecule has 3 rings (SSSR count). The Labute approximate surface area is 141 Å². The van der Waals surface area contributed by atoms with Crippen molar-refractivity contribution in [2.75, 3.05) is 0 Å². The molecule has 0 bridgehead atoms. The summed E-state index contributed by atoms with van der Waals surface area (Å²) in [5, 5.41) is 7.26. The van der Waals surface area contributed by atoms with Crippen molar-refractivity contribution in [3.05, 3.63) is 48.5 Å². The minimum Gasteiger partial charge on any atom is -0.346 e. The number of nitrogens with zero attached hydrogens (tertiary/aromatic N) is 3. The molecule has 1 unspecified atom stereocenters. The van der Waals surface area contributed by atoms with E-state index in [-0.39, 0.29) is 17.9 Å². The Kier molecular flexibility index (Phi) is 4.93. The summed E-state index contributed by atoms with van der Waals surface area (Å²) in [6.07, 6.45) is 4.89. The van der Waals surface area contributed by atoms with Crippen molar-refractivity contribution in [2.24, 2.45) is 5.92 Å². The number of nitrogens with one attached hydrogen (secondary N) is 2. The van der Waals surface area contributed by atoms with Crippen LogP contribution in [0.4, 0.5) is 0 Å². The molecule has 0 aliphatic carbocycles. The Balaban J connectivity index is 1.61. The normalized spacial score (nSPS) is 12.6. The minimum atomic E-state index is -0.116. The number of carbonyl (C=O) groups excluding carboxylic acids is 1. The van der Waals surface area contributed by atoms with Crippen LogP contribution in [0.3, 0.4) is 0 Å². The molecule has 0 saturated heterocycles. The van der Waals surface area contributed by atoms with Crippen molar-refractivity contribution in [3.8, 4) is 0 Å². The smallest absolute Gasteiger partial charge is 0.220 e. The van der Waals surface area contributed by atoms with Gasteiger partial charge in [-0.1, -0.05) is 26.0 Å². The summed E-state index contributed by atoms with van der Waals surface area (Å²) in [5.41, 5.74) is 1.91. The highest BCUT2D eigenvalue weighted by Crippen LogP contribution is 2.22. The van der Waals surface area contributed by atoms with Gasteiger partial charge in [0, 0.05) is 25.4 Å². The van der Waals surface area contributed by atoms with Crippen LogP contribution in [0.25, 0.3) is 11.0 Å². The van der Waals surface area contributed by atoms with Crippen LogP contribution in [0.5, 0.6) is 0 Å². The van der Waals surface area contributed by atoms with Gasteiger partial charge in [0.15, 0.2) is 0 Å². The molecule has 24 heavy (non-hydrogen) atoms. The number of fused-ring (bicyclic) bond motifs is 1. The standard InChI is InChI=1S/C18H23N5O/c1-13(2)17(18-20-14-7-3-4-8-15(14)21-18)22-16(24)9-5-11-23-12-6-10-19-23/h3-4,6-8,10,12-13,17H,5,9,11H2,1-2H3,(H,20,21)(H,22,24). The lowest BCUT2D eigenvalue weighted by Crippen LogP contribution is -2.32. The first-order chi connectivity index (χ1) is 11.6. The summed E-state index contributed by atoms with van der Waals surface area (Å²) in [7, 11) is 0. The van der Waals surface area contributed by atoms with Crippen LogP contribution < -0.4 is 5.32 Å². The molecule has 0 spiro atoms. The molecule has 0 aliphatic rings. The monoisotopic (exact) mass is 325 g/mol. The first kappa shape index (κ1) is 16.2. The van der Waals surface area contributed by atoms with Crippen molar-refractivity contribution in [3.63, 3.8) is 0 Å². The van der Waals surface area contributed by atoms with Crippen LogP contribution in [-0.2, 0) is 11.3 Å². The van der Waals surface area contributed by atoms with Crippen LogP contribution in [0.15, 0.2) is 42.7 Å². The zero-order valence-electron chi connectivity index (χ0n) is 14.1. The average molecular weight is 325 g/mol. The lowest BCUT2D eigenvalue weighted by molar-refractivity contribution is -0.122. The average Bonchev–Trinajstić information content (AvgIpc) is 3.21. The summed E-state index contributed by atoms with van der Waals surface area (Å²) >= 11 is 0. The van der Waals surface area contributed by atoms with Crippen molar-refractivity contribution in [1.82, 2.24) is 25.1 Å². The molecule has 1 atom stereocenters. The van der Waals surface area contributed by atoms with Gasteiger partial charge in [0.25, 0.3) is 0 Å². The van der Waals surface area contributed by atoms with E-state index in [2.05, 4.69) is 34.2 Å². The lowest BCUT2D eigenvalue weighted by atomic mass is 10.0. The molecular formula is C18H23N5O. The topological polar surface area (TPSA) is 75.6 Å². The van der Waals surface area contributed by atoms with Gasteiger partial charge in [-0.2, -0.15) is 5.10 Å². The van der Waals surface area contributed by atoms with Gasteiger partial charge >= 0.3 is 0 Å². The van der Waals surface area contributed by atoms with Crippen LogP contribution in [0, 0.1) is 5.92 Å². The molecule has 0 fully saturated rings. The van der Waals surface area contributed by atoms with Gasteiger partial charge < -0.3 is 10.3 Å². The quantitative estimate of drug-likeness (QED) is 0.701. The van der Waals surface area contributed by atoms with Crippen LogP contribution in [0.2, 0.25) is 0 Å². The molecule has 126 valence electrons. The molecule has 0 radical (unpaired) electrons. The van der Waals surface area contributed by atoms with E-state index < -0.39 is 0 Å². The molecule has 2 N–H and O–H groups in total. The van der Waals surface area contributed by atoms with E-state index in [1.165, 1.54) is 0 Å². The van der Waals surface area contributed by atoms with Crippen molar-refractivity contribution in [2.45, 2.75) is 39.3 Å². The van der Waals surface area contributed by atoms with E-state index in [1.807, 2.05) is 41.2 Å². The van der Waals surface area contributed by atoms with Crippen LogP contribution >= 0.6 is 0 Å². The Morgan fingerprint density at radius 1 is 1.29 bits per heavy atom. The number of H-pyrrole nitrogens is 1. The number of hydrogen-bond acceptors (Lipinski definition) is 3. The van der Waals surface area contributed by atoms with Gasteiger partial charge in [-0.3, -0.25) is 9.48 Å². The zero-order valence-corrected chi connectivity index (χ0v) is 14.1.